The molecule has 5 nitrogen and oxygen atoms in total. The summed E-state index contributed by atoms with van der Waals surface area (Å²) in [5.74, 6) is 0.698. The molecule has 1 aliphatic heterocycles. The molecule has 1 heterocycles. The molecule has 4 N–H and O–H groups in total. The third kappa shape index (κ3) is 4.41. The predicted octanol–water partition coefficient (Wildman–Crippen LogP) is 0.951. The Kier molecular flexibility index (Phi) is 7.87. The highest BCUT2D eigenvalue weighted by Crippen LogP contribution is 2.14. The van der Waals surface area contributed by atoms with Gasteiger partial charge in [-0.3, -0.25) is 0 Å². The fraction of sp³-hybridized carbons (Fsp3) is 0.615. The van der Waals surface area contributed by atoms with Crippen LogP contribution in [0.25, 0.3) is 0 Å². The second-order valence-corrected chi connectivity index (χ2v) is 3.93. The highest BCUT2D eigenvalue weighted by Gasteiger charge is 2.18. The van der Waals surface area contributed by atoms with Crippen LogP contribution in [0.4, 0.5) is 0 Å². The van der Waals surface area contributed by atoms with Crippen LogP contribution < -0.4 is 11.5 Å². The van der Waals surface area contributed by atoms with Crippen molar-refractivity contribution in [2.75, 3.05) is 33.2 Å². The number of likely N-dealkylation sites (N-methyl/N-ethyl adjacent to an activating group) is 1. The first-order valence-electron chi connectivity index (χ1n) is 6.42. The molecule has 0 aromatic carbocycles. The average molecular weight is 253 g/mol. The standard InChI is InChI=1S/C11H21N5.C2H6/c1-4-9(12)10(13)11(14-2)16-7-5-15(3)6-8-16;1-2/h4H,2,5-8,12-13H2,1,3H3;1-2H3/b9-4+,11-10-;. The summed E-state index contributed by atoms with van der Waals surface area (Å²) in [6, 6.07) is 0. The van der Waals surface area contributed by atoms with Crippen molar-refractivity contribution in [3.8, 4) is 0 Å². The number of hydrogen-bond acceptors (Lipinski definition) is 5. The fourth-order valence-corrected chi connectivity index (χ4v) is 1.66. The minimum absolute atomic E-state index is 0.516. The minimum atomic E-state index is 0.516. The van der Waals surface area contributed by atoms with Gasteiger partial charge in [0.05, 0.1) is 11.4 Å². The van der Waals surface area contributed by atoms with E-state index < -0.39 is 0 Å². The van der Waals surface area contributed by atoms with Crippen molar-refractivity contribution in [3.63, 3.8) is 0 Å². The van der Waals surface area contributed by atoms with Gasteiger partial charge in [0.2, 0.25) is 0 Å². The lowest BCUT2D eigenvalue weighted by molar-refractivity contribution is 0.184. The second kappa shape index (κ2) is 8.58. The quantitative estimate of drug-likeness (QED) is 0.580. The van der Waals surface area contributed by atoms with Gasteiger partial charge >= 0.3 is 0 Å². The molecule has 0 radical (unpaired) electrons. The first kappa shape index (κ1) is 16.5. The van der Waals surface area contributed by atoms with Crippen LogP contribution in [0.3, 0.4) is 0 Å². The lowest BCUT2D eigenvalue weighted by atomic mass is 10.2. The monoisotopic (exact) mass is 253 g/mol. The maximum absolute atomic E-state index is 5.95. The Morgan fingerprint density at radius 1 is 1.17 bits per heavy atom. The van der Waals surface area contributed by atoms with Gasteiger partial charge < -0.3 is 21.3 Å². The molecule has 1 rings (SSSR count). The van der Waals surface area contributed by atoms with Crippen LogP contribution in [0.15, 0.2) is 28.3 Å². The third-order valence-electron chi connectivity index (χ3n) is 2.82. The Balaban J connectivity index is 0.00000137. The van der Waals surface area contributed by atoms with Crippen LogP contribution in [-0.4, -0.2) is 49.7 Å². The summed E-state index contributed by atoms with van der Waals surface area (Å²) >= 11 is 0. The third-order valence-corrected chi connectivity index (χ3v) is 2.82. The lowest BCUT2D eigenvalue weighted by Gasteiger charge is -2.34. The number of rotatable bonds is 3. The number of piperazine rings is 1. The van der Waals surface area contributed by atoms with Crippen molar-refractivity contribution in [1.82, 2.24) is 9.80 Å². The number of nitrogens with two attached hydrogens (primary N) is 2. The summed E-state index contributed by atoms with van der Waals surface area (Å²) in [5.41, 5.74) is 12.8. The Morgan fingerprint density at radius 2 is 1.67 bits per heavy atom. The maximum atomic E-state index is 5.95. The van der Waals surface area contributed by atoms with Crippen LogP contribution in [0, 0.1) is 0 Å². The second-order valence-electron chi connectivity index (χ2n) is 3.93. The van der Waals surface area contributed by atoms with Gasteiger partial charge in [-0.15, -0.1) is 0 Å². The van der Waals surface area contributed by atoms with E-state index in [1.165, 1.54) is 0 Å². The molecule has 104 valence electrons. The molecule has 0 atom stereocenters. The maximum Gasteiger partial charge on any atom is 0.153 e. The van der Waals surface area contributed by atoms with Gasteiger partial charge in [-0.1, -0.05) is 19.9 Å². The molecule has 0 amide bonds. The highest BCUT2D eigenvalue weighted by molar-refractivity contribution is 5.35. The minimum Gasteiger partial charge on any atom is -0.397 e. The van der Waals surface area contributed by atoms with Crippen LogP contribution in [-0.2, 0) is 0 Å². The molecule has 18 heavy (non-hydrogen) atoms. The summed E-state index contributed by atoms with van der Waals surface area (Å²) < 4.78 is 0. The summed E-state index contributed by atoms with van der Waals surface area (Å²) in [5, 5.41) is 0. The van der Waals surface area contributed by atoms with Crippen LogP contribution in [0.2, 0.25) is 0 Å². The Labute approximate surface area is 111 Å². The van der Waals surface area contributed by atoms with Gasteiger partial charge in [-0.2, -0.15) is 0 Å². The fourth-order valence-electron chi connectivity index (χ4n) is 1.66. The highest BCUT2D eigenvalue weighted by atomic mass is 15.3. The number of nitrogens with zero attached hydrogens (tertiary/aromatic N) is 3. The van der Waals surface area contributed by atoms with E-state index in [-0.39, 0.29) is 0 Å². The van der Waals surface area contributed by atoms with E-state index in [0.717, 1.165) is 26.2 Å². The summed E-state index contributed by atoms with van der Waals surface area (Å²) in [4.78, 5) is 8.39. The molecule has 1 saturated heterocycles. The SMILES string of the molecule is C=N/C(=C(N)\C(N)=C/C)N1CCN(C)CC1.CC. The van der Waals surface area contributed by atoms with E-state index in [1.54, 1.807) is 6.08 Å². The zero-order chi connectivity index (χ0) is 14.1. The molecular formula is C13H27N5. The van der Waals surface area contributed by atoms with Gasteiger partial charge in [-0.05, 0) is 20.7 Å². The van der Waals surface area contributed by atoms with Gasteiger partial charge in [0, 0.05) is 26.2 Å². The van der Waals surface area contributed by atoms with Crippen molar-refractivity contribution in [1.29, 1.82) is 0 Å². The summed E-state index contributed by atoms with van der Waals surface area (Å²) in [6.45, 7) is 13.2. The number of aliphatic imine (C=N–C) groups is 1. The zero-order valence-corrected chi connectivity index (χ0v) is 12.1. The normalized spacial score (nSPS) is 18.7. The van der Waals surface area contributed by atoms with Gasteiger partial charge in [0.1, 0.15) is 0 Å². The molecule has 0 saturated carbocycles. The molecule has 1 fully saturated rings. The molecule has 5 heteroatoms. The van der Waals surface area contributed by atoms with E-state index in [1.807, 2.05) is 20.8 Å². The first-order chi connectivity index (χ1) is 8.60. The number of hydrogen-bond donors (Lipinski definition) is 2. The summed E-state index contributed by atoms with van der Waals surface area (Å²) in [6.07, 6.45) is 1.77. The Bertz CT molecular complexity index is 311. The van der Waals surface area contributed by atoms with Crippen molar-refractivity contribution >= 4 is 6.72 Å². The zero-order valence-electron chi connectivity index (χ0n) is 12.1. The predicted molar refractivity (Wildman–Crippen MR) is 79.1 cm³/mol. The molecule has 0 aliphatic carbocycles. The largest absolute Gasteiger partial charge is 0.397 e. The van der Waals surface area contributed by atoms with Gasteiger partial charge in [-0.25, -0.2) is 4.99 Å². The van der Waals surface area contributed by atoms with E-state index in [4.69, 9.17) is 11.5 Å². The molecule has 0 unspecified atom stereocenters. The van der Waals surface area contributed by atoms with Gasteiger partial charge in [0.15, 0.2) is 5.82 Å². The lowest BCUT2D eigenvalue weighted by Crippen LogP contribution is -2.44. The van der Waals surface area contributed by atoms with E-state index >= 15 is 0 Å². The van der Waals surface area contributed by atoms with Crippen molar-refractivity contribution < 1.29 is 0 Å². The van der Waals surface area contributed by atoms with Crippen LogP contribution in [0.1, 0.15) is 20.8 Å². The van der Waals surface area contributed by atoms with Crippen molar-refractivity contribution in [3.05, 3.63) is 23.3 Å². The summed E-state index contributed by atoms with van der Waals surface area (Å²) in [7, 11) is 2.10. The number of allylic oxidation sites excluding steroid dienone is 1. The van der Waals surface area contributed by atoms with E-state index in [9.17, 15) is 0 Å². The topological polar surface area (TPSA) is 70.9 Å². The molecule has 0 bridgehead atoms. The Morgan fingerprint density at radius 3 is 2.06 bits per heavy atom. The van der Waals surface area contributed by atoms with Crippen LogP contribution >= 0.6 is 0 Å². The molecule has 0 spiro atoms. The Hall–Kier alpha value is -1.49. The van der Waals surface area contributed by atoms with Crippen molar-refractivity contribution in [2.45, 2.75) is 20.8 Å². The molecule has 0 aromatic rings. The van der Waals surface area contributed by atoms with E-state index in [2.05, 4.69) is 28.6 Å². The van der Waals surface area contributed by atoms with Crippen molar-refractivity contribution in [2.24, 2.45) is 16.5 Å². The molecule has 1 aliphatic rings. The molecular weight excluding hydrogens is 226 g/mol. The molecule has 0 aromatic heterocycles. The van der Waals surface area contributed by atoms with Crippen LogP contribution in [0.5, 0.6) is 0 Å². The smallest absolute Gasteiger partial charge is 0.153 e. The van der Waals surface area contributed by atoms with E-state index in [0.29, 0.717) is 17.2 Å². The first-order valence-corrected chi connectivity index (χ1v) is 6.42. The van der Waals surface area contributed by atoms with Gasteiger partial charge in [0.25, 0.3) is 0 Å². The average Bonchev–Trinajstić information content (AvgIpc) is 2.42.